The number of aliphatic imine (C=N–C) groups is 1. The molecule has 8 nitrogen and oxygen atoms in total. The van der Waals surface area contributed by atoms with Crippen molar-refractivity contribution in [2.24, 2.45) is 4.99 Å². The maximum Gasteiger partial charge on any atom is 0.410 e. The predicted octanol–water partition coefficient (Wildman–Crippen LogP) is 1.08. The van der Waals surface area contributed by atoms with E-state index < -0.39 is 20.2 Å². The third-order valence-electron chi connectivity index (χ3n) is 4.45. The molecule has 0 saturated carbocycles. The van der Waals surface area contributed by atoms with Crippen LogP contribution in [0.2, 0.25) is 0 Å². The molecule has 1 amide bonds. The number of rotatable bonds is 3. The van der Waals surface area contributed by atoms with Gasteiger partial charge in [0.2, 0.25) is 0 Å². The largest absolute Gasteiger partial charge is 0.444 e. The van der Waals surface area contributed by atoms with E-state index in [9.17, 15) is 13.2 Å². The van der Waals surface area contributed by atoms with Gasteiger partial charge in [-0.2, -0.15) is 0 Å². The molecule has 0 aromatic rings. The molecule has 2 aliphatic rings. The molecule has 9 heteroatoms. The average molecular weight is 389 g/mol. The lowest BCUT2D eigenvalue weighted by Gasteiger charge is -2.39. The zero-order valence-corrected chi connectivity index (χ0v) is 17.5. The van der Waals surface area contributed by atoms with E-state index in [0.29, 0.717) is 32.7 Å². The predicted molar refractivity (Wildman–Crippen MR) is 102 cm³/mol. The first-order chi connectivity index (χ1) is 11.8. The van der Waals surface area contributed by atoms with E-state index in [1.165, 1.54) is 0 Å². The summed E-state index contributed by atoms with van der Waals surface area (Å²) in [5, 5.41) is 3.15. The van der Waals surface area contributed by atoms with Crippen molar-refractivity contribution in [3.63, 3.8) is 0 Å². The van der Waals surface area contributed by atoms with Crippen molar-refractivity contribution < 1.29 is 17.9 Å². The van der Waals surface area contributed by atoms with Gasteiger partial charge in [0.1, 0.15) is 5.60 Å². The van der Waals surface area contributed by atoms with Crippen LogP contribution in [0.1, 0.15) is 41.5 Å². The molecule has 1 N–H and O–H groups in total. The van der Waals surface area contributed by atoms with E-state index in [1.807, 2.05) is 20.8 Å². The number of carbonyl (C=O) groups excluding carboxylic acids is 1. The highest BCUT2D eigenvalue weighted by molar-refractivity contribution is 7.92. The zero-order chi connectivity index (χ0) is 19.8. The Kier molecular flexibility index (Phi) is 5.80. The average Bonchev–Trinajstić information content (AvgIpc) is 2.86. The standard InChI is InChI=1S/C17H32N4O4S/c1-16(2,3)25-15(22)20-8-9-21-13(12-20)11-19-14(21)18-7-10-26(23,24)17(4,5)6/h13H,7-12H2,1-6H3,(H,18,19). The number of nitrogens with one attached hydrogen (secondary N) is 1. The fourth-order valence-electron chi connectivity index (χ4n) is 2.83. The Morgan fingerprint density at radius 1 is 1.23 bits per heavy atom. The van der Waals surface area contributed by atoms with Crippen LogP contribution in [0.5, 0.6) is 0 Å². The fraction of sp³-hybridized carbons (Fsp3) is 0.882. The molecular weight excluding hydrogens is 356 g/mol. The maximum atomic E-state index is 12.2. The number of hydrogen-bond acceptors (Lipinski definition) is 7. The third kappa shape index (κ3) is 5.02. The van der Waals surface area contributed by atoms with Crippen molar-refractivity contribution in [3.8, 4) is 0 Å². The molecule has 0 aromatic heterocycles. The first-order valence-electron chi connectivity index (χ1n) is 9.05. The number of amides is 1. The summed E-state index contributed by atoms with van der Waals surface area (Å²) in [4.78, 5) is 20.5. The summed E-state index contributed by atoms with van der Waals surface area (Å²) >= 11 is 0. The first-order valence-corrected chi connectivity index (χ1v) is 10.7. The highest BCUT2D eigenvalue weighted by Gasteiger charge is 2.36. The van der Waals surface area contributed by atoms with E-state index in [-0.39, 0.29) is 17.9 Å². The molecule has 150 valence electrons. The van der Waals surface area contributed by atoms with Crippen LogP contribution in [0.4, 0.5) is 4.79 Å². The monoisotopic (exact) mass is 388 g/mol. The second-order valence-electron chi connectivity index (χ2n) is 8.80. The Morgan fingerprint density at radius 2 is 1.88 bits per heavy atom. The molecule has 0 aromatic carbocycles. The van der Waals surface area contributed by atoms with Crippen LogP contribution in [-0.2, 0) is 14.6 Å². The van der Waals surface area contributed by atoms with Gasteiger partial charge in [-0.05, 0) is 41.5 Å². The maximum absolute atomic E-state index is 12.2. The molecular formula is C17H32N4O4S. The summed E-state index contributed by atoms with van der Waals surface area (Å²) in [5.41, 5.74) is -0.508. The molecule has 2 heterocycles. The number of piperazine rings is 1. The van der Waals surface area contributed by atoms with E-state index in [1.54, 1.807) is 25.7 Å². The highest BCUT2D eigenvalue weighted by atomic mass is 32.2. The van der Waals surface area contributed by atoms with Crippen molar-refractivity contribution in [3.05, 3.63) is 0 Å². The van der Waals surface area contributed by atoms with E-state index >= 15 is 0 Å². The van der Waals surface area contributed by atoms with Crippen molar-refractivity contribution >= 4 is 21.9 Å². The number of sulfone groups is 1. The van der Waals surface area contributed by atoms with Gasteiger partial charge in [0.15, 0.2) is 15.8 Å². The van der Waals surface area contributed by atoms with Gasteiger partial charge < -0.3 is 19.9 Å². The van der Waals surface area contributed by atoms with Gasteiger partial charge in [-0.3, -0.25) is 4.99 Å². The van der Waals surface area contributed by atoms with Crippen LogP contribution in [0.15, 0.2) is 4.99 Å². The SMILES string of the molecule is CC(C)(C)OC(=O)N1CCN2C(NCCS(=O)(=O)C(C)(C)C)=NCC2C1. The van der Waals surface area contributed by atoms with Gasteiger partial charge >= 0.3 is 6.09 Å². The Hall–Kier alpha value is -1.51. The summed E-state index contributed by atoms with van der Waals surface area (Å²) < 4.78 is 29.1. The summed E-state index contributed by atoms with van der Waals surface area (Å²) in [6.07, 6.45) is -0.296. The number of nitrogens with zero attached hydrogens (tertiary/aromatic N) is 3. The Morgan fingerprint density at radius 3 is 2.46 bits per heavy atom. The summed E-state index contributed by atoms with van der Waals surface area (Å²) in [6, 6.07) is 0.109. The first kappa shape index (κ1) is 20.8. The van der Waals surface area contributed by atoms with Gasteiger partial charge in [-0.25, -0.2) is 13.2 Å². The number of fused-ring (bicyclic) bond motifs is 1. The van der Waals surface area contributed by atoms with Crippen molar-refractivity contribution in [1.82, 2.24) is 15.1 Å². The lowest BCUT2D eigenvalue weighted by atomic mass is 10.2. The van der Waals surface area contributed by atoms with Crippen LogP contribution in [0, 0.1) is 0 Å². The van der Waals surface area contributed by atoms with Gasteiger partial charge in [0.05, 0.1) is 23.1 Å². The number of hydrogen-bond donors (Lipinski definition) is 1. The van der Waals surface area contributed by atoms with Crippen LogP contribution in [-0.4, -0.2) is 85.1 Å². The number of guanidine groups is 1. The fourth-order valence-corrected chi connectivity index (χ4v) is 3.81. The molecule has 2 rings (SSSR count). The van der Waals surface area contributed by atoms with Gasteiger partial charge in [0, 0.05) is 26.2 Å². The molecule has 0 radical (unpaired) electrons. The minimum atomic E-state index is -3.16. The molecule has 1 unspecified atom stereocenters. The molecule has 0 bridgehead atoms. The van der Waals surface area contributed by atoms with Crippen LogP contribution in [0.3, 0.4) is 0 Å². The molecule has 1 saturated heterocycles. The topological polar surface area (TPSA) is 91.3 Å². The molecule has 2 aliphatic heterocycles. The van der Waals surface area contributed by atoms with Gasteiger partial charge in [-0.15, -0.1) is 0 Å². The summed E-state index contributed by atoms with van der Waals surface area (Å²) in [5.74, 6) is 0.792. The Bertz CT molecular complexity index is 661. The lowest BCUT2D eigenvalue weighted by molar-refractivity contribution is 0.0137. The van der Waals surface area contributed by atoms with Crippen molar-refractivity contribution in [2.75, 3.05) is 38.5 Å². The van der Waals surface area contributed by atoms with E-state index in [0.717, 1.165) is 5.96 Å². The van der Waals surface area contributed by atoms with Gasteiger partial charge in [0.25, 0.3) is 0 Å². The minimum Gasteiger partial charge on any atom is -0.444 e. The second-order valence-corrected chi connectivity index (χ2v) is 11.7. The quantitative estimate of drug-likeness (QED) is 0.778. The van der Waals surface area contributed by atoms with Crippen LogP contribution in [0.25, 0.3) is 0 Å². The highest BCUT2D eigenvalue weighted by Crippen LogP contribution is 2.19. The molecule has 0 spiro atoms. The molecule has 1 atom stereocenters. The molecule has 26 heavy (non-hydrogen) atoms. The smallest absolute Gasteiger partial charge is 0.410 e. The van der Waals surface area contributed by atoms with Crippen molar-refractivity contribution in [2.45, 2.75) is 57.9 Å². The van der Waals surface area contributed by atoms with Gasteiger partial charge in [-0.1, -0.05) is 0 Å². The lowest BCUT2D eigenvalue weighted by Crippen LogP contribution is -2.57. The molecule has 1 fully saturated rings. The Balaban J connectivity index is 1.84. The second kappa shape index (κ2) is 7.25. The normalized spacial score (nSPS) is 21.3. The van der Waals surface area contributed by atoms with Crippen molar-refractivity contribution in [1.29, 1.82) is 0 Å². The van der Waals surface area contributed by atoms with E-state index in [4.69, 9.17) is 4.74 Å². The summed E-state index contributed by atoms with van der Waals surface area (Å²) in [6.45, 7) is 13.4. The summed E-state index contributed by atoms with van der Waals surface area (Å²) in [7, 11) is -3.16. The number of ether oxygens (including phenoxy) is 1. The number of carbonyl (C=O) groups is 1. The zero-order valence-electron chi connectivity index (χ0n) is 16.7. The third-order valence-corrected chi connectivity index (χ3v) is 7.05. The minimum absolute atomic E-state index is 0.0675. The molecule has 0 aliphatic carbocycles. The van der Waals surface area contributed by atoms with Crippen LogP contribution >= 0.6 is 0 Å². The van der Waals surface area contributed by atoms with Crippen LogP contribution < -0.4 is 5.32 Å². The Labute approximate surface area is 156 Å². The van der Waals surface area contributed by atoms with E-state index in [2.05, 4.69) is 15.2 Å².